The lowest BCUT2D eigenvalue weighted by atomic mass is 10.1. The zero-order valence-electron chi connectivity index (χ0n) is 8.10. The van der Waals surface area contributed by atoms with E-state index in [1.807, 2.05) is 0 Å². The monoisotopic (exact) mass is 214 g/mol. The van der Waals surface area contributed by atoms with E-state index in [4.69, 9.17) is 9.84 Å². The first-order valence-corrected chi connectivity index (χ1v) is 4.79. The summed E-state index contributed by atoms with van der Waals surface area (Å²) < 4.78 is 5.33. The van der Waals surface area contributed by atoms with Gasteiger partial charge in [0.25, 0.3) is 0 Å². The predicted octanol–water partition coefficient (Wildman–Crippen LogP) is -1.72. The quantitative estimate of drug-likeness (QED) is 0.509. The van der Waals surface area contributed by atoms with E-state index in [0.29, 0.717) is 6.67 Å². The Morgan fingerprint density at radius 3 is 2.73 bits per heavy atom. The lowest BCUT2D eigenvalue weighted by Gasteiger charge is -2.28. The fraction of sp³-hybridized carbons (Fsp3) is 0.667. The van der Waals surface area contributed by atoms with E-state index in [0.717, 1.165) is 0 Å². The molecule has 0 aliphatic carbocycles. The Labute approximate surface area is 87.1 Å². The number of ether oxygens (including phenoxy) is 1. The Morgan fingerprint density at radius 2 is 2.20 bits per heavy atom. The van der Waals surface area contributed by atoms with Crippen molar-refractivity contribution in [3.8, 4) is 0 Å². The van der Waals surface area contributed by atoms with Gasteiger partial charge in [-0.15, -0.1) is 0 Å². The van der Waals surface area contributed by atoms with Gasteiger partial charge in [-0.2, -0.15) is 0 Å². The van der Waals surface area contributed by atoms with Gasteiger partial charge in [0.05, 0.1) is 6.61 Å². The number of aliphatic imine (C=N–C) groups is 1. The number of aliphatic hydroxyl groups excluding tert-OH is 3. The molecule has 2 heterocycles. The molecule has 84 valence electrons. The second-order valence-electron chi connectivity index (χ2n) is 3.56. The van der Waals surface area contributed by atoms with Crippen LogP contribution >= 0.6 is 0 Å². The molecule has 0 spiro atoms. The van der Waals surface area contributed by atoms with Crippen LogP contribution in [0.2, 0.25) is 0 Å². The first kappa shape index (κ1) is 10.6. The van der Waals surface area contributed by atoms with Crippen molar-refractivity contribution in [1.29, 1.82) is 0 Å². The van der Waals surface area contributed by atoms with Gasteiger partial charge in [-0.1, -0.05) is 0 Å². The zero-order chi connectivity index (χ0) is 10.8. The summed E-state index contributed by atoms with van der Waals surface area (Å²) in [7, 11) is 0. The van der Waals surface area contributed by atoms with Crippen molar-refractivity contribution in [1.82, 2.24) is 4.90 Å². The van der Waals surface area contributed by atoms with E-state index in [-0.39, 0.29) is 6.61 Å². The van der Waals surface area contributed by atoms with Crippen LogP contribution in [0.15, 0.2) is 17.3 Å². The summed E-state index contributed by atoms with van der Waals surface area (Å²) in [5.41, 5.74) is 0. The minimum Gasteiger partial charge on any atom is -0.394 e. The molecule has 2 aliphatic heterocycles. The van der Waals surface area contributed by atoms with Gasteiger partial charge in [0.2, 0.25) is 0 Å². The Kier molecular flexibility index (Phi) is 3.01. The number of aliphatic hydroxyl groups is 3. The maximum atomic E-state index is 9.70. The highest BCUT2D eigenvalue weighted by Gasteiger charge is 2.44. The number of hydrogen-bond donors (Lipinski definition) is 3. The van der Waals surface area contributed by atoms with Gasteiger partial charge in [0, 0.05) is 12.4 Å². The molecule has 1 fully saturated rings. The molecule has 4 atom stereocenters. The molecule has 0 bridgehead atoms. The van der Waals surface area contributed by atoms with E-state index < -0.39 is 24.5 Å². The SMILES string of the molecule is OC[C@H]1OC(N2C=CC=NC2)[C@H](O)[C@@H]1O. The van der Waals surface area contributed by atoms with E-state index in [1.165, 1.54) is 0 Å². The molecule has 2 aliphatic rings. The molecule has 0 aromatic heterocycles. The predicted molar refractivity (Wildman–Crippen MR) is 52.1 cm³/mol. The van der Waals surface area contributed by atoms with Gasteiger partial charge in [-0.25, -0.2) is 0 Å². The van der Waals surface area contributed by atoms with E-state index in [9.17, 15) is 10.2 Å². The molecule has 6 heteroatoms. The van der Waals surface area contributed by atoms with Crippen molar-refractivity contribution in [3.63, 3.8) is 0 Å². The molecule has 0 saturated carbocycles. The fourth-order valence-corrected chi connectivity index (χ4v) is 1.72. The lowest BCUT2D eigenvalue weighted by molar-refractivity contribution is -0.0790. The minimum atomic E-state index is -1.06. The van der Waals surface area contributed by atoms with Crippen molar-refractivity contribution in [2.75, 3.05) is 13.3 Å². The van der Waals surface area contributed by atoms with Crippen LogP contribution < -0.4 is 0 Å². The zero-order valence-corrected chi connectivity index (χ0v) is 8.10. The van der Waals surface area contributed by atoms with E-state index in [2.05, 4.69) is 4.99 Å². The molecule has 1 saturated heterocycles. The highest BCUT2D eigenvalue weighted by atomic mass is 16.6. The highest BCUT2D eigenvalue weighted by Crippen LogP contribution is 2.24. The van der Waals surface area contributed by atoms with Crippen LogP contribution in [-0.2, 0) is 4.74 Å². The third-order valence-electron chi connectivity index (χ3n) is 2.56. The molecule has 0 aromatic carbocycles. The molecule has 3 N–H and O–H groups in total. The van der Waals surface area contributed by atoms with E-state index in [1.54, 1.807) is 23.4 Å². The minimum absolute atomic E-state index is 0.310. The maximum absolute atomic E-state index is 9.70. The number of hydrogen-bond acceptors (Lipinski definition) is 6. The van der Waals surface area contributed by atoms with Crippen LogP contribution in [0.5, 0.6) is 0 Å². The largest absolute Gasteiger partial charge is 0.394 e. The van der Waals surface area contributed by atoms with Gasteiger partial charge < -0.3 is 25.0 Å². The second kappa shape index (κ2) is 4.28. The van der Waals surface area contributed by atoms with Crippen molar-refractivity contribution >= 4 is 6.21 Å². The van der Waals surface area contributed by atoms with Crippen LogP contribution in [0.3, 0.4) is 0 Å². The molecular weight excluding hydrogens is 200 g/mol. The molecule has 0 aromatic rings. The summed E-state index contributed by atoms with van der Waals surface area (Å²) in [5.74, 6) is 0. The Morgan fingerprint density at radius 1 is 1.40 bits per heavy atom. The molecule has 0 radical (unpaired) electrons. The van der Waals surface area contributed by atoms with Crippen LogP contribution in [0.1, 0.15) is 0 Å². The summed E-state index contributed by atoms with van der Waals surface area (Å²) in [6, 6.07) is 0. The summed E-state index contributed by atoms with van der Waals surface area (Å²) in [6.07, 6.45) is 1.64. The molecular formula is C9H14N2O4. The fourth-order valence-electron chi connectivity index (χ4n) is 1.72. The van der Waals surface area contributed by atoms with Crippen molar-refractivity contribution in [2.45, 2.75) is 24.5 Å². The lowest BCUT2D eigenvalue weighted by Crippen LogP contribution is -2.42. The third kappa shape index (κ3) is 1.89. The van der Waals surface area contributed by atoms with E-state index >= 15 is 0 Å². The summed E-state index contributed by atoms with van der Waals surface area (Å²) in [4.78, 5) is 5.66. The molecule has 1 unspecified atom stereocenters. The highest BCUT2D eigenvalue weighted by molar-refractivity contribution is 5.71. The van der Waals surface area contributed by atoms with Gasteiger partial charge in [-0.3, -0.25) is 4.99 Å². The standard InChI is InChI=1S/C9H14N2O4/c12-4-6-7(13)8(14)9(15-6)11-3-1-2-10-5-11/h1-3,6-9,12-14H,4-5H2/t6-,7-,8-,9?/m1/s1. The normalized spacial score (nSPS) is 40.1. The second-order valence-corrected chi connectivity index (χ2v) is 3.56. The first-order valence-electron chi connectivity index (χ1n) is 4.79. The summed E-state index contributed by atoms with van der Waals surface area (Å²) in [6.45, 7) is 0.0681. The van der Waals surface area contributed by atoms with Crippen molar-refractivity contribution in [3.05, 3.63) is 12.3 Å². The van der Waals surface area contributed by atoms with Gasteiger partial charge in [-0.05, 0) is 6.08 Å². The molecule has 15 heavy (non-hydrogen) atoms. The van der Waals surface area contributed by atoms with Crippen LogP contribution in [0.25, 0.3) is 0 Å². The van der Waals surface area contributed by atoms with Crippen LogP contribution in [-0.4, -0.2) is 64.2 Å². The van der Waals surface area contributed by atoms with Crippen molar-refractivity contribution in [2.24, 2.45) is 4.99 Å². The van der Waals surface area contributed by atoms with Crippen LogP contribution in [0.4, 0.5) is 0 Å². The number of nitrogens with zero attached hydrogens (tertiary/aromatic N) is 2. The third-order valence-corrected chi connectivity index (χ3v) is 2.56. The van der Waals surface area contributed by atoms with Crippen molar-refractivity contribution < 1.29 is 20.1 Å². The van der Waals surface area contributed by atoms with Crippen LogP contribution in [0, 0.1) is 0 Å². The smallest absolute Gasteiger partial charge is 0.160 e. The van der Waals surface area contributed by atoms with Gasteiger partial charge >= 0.3 is 0 Å². The number of allylic oxidation sites excluding steroid dienone is 1. The van der Waals surface area contributed by atoms with Gasteiger partial charge in [0.15, 0.2) is 6.23 Å². The molecule has 0 amide bonds. The topological polar surface area (TPSA) is 85.5 Å². The molecule has 6 nitrogen and oxygen atoms in total. The maximum Gasteiger partial charge on any atom is 0.160 e. The summed E-state index contributed by atoms with van der Waals surface area (Å²) in [5, 5.41) is 28.1. The Hall–Kier alpha value is -0.950. The Balaban J connectivity index is 2.04. The summed E-state index contributed by atoms with van der Waals surface area (Å²) >= 11 is 0. The average Bonchev–Trinajstić information content (AvgIpc) is 2.57. The number of rotatable bonds is 2. The first-order chi connectivity index (χ1) is 7.24. The van der Waals surface area contributed by atoms with Gasteiger partial charge in [0.1, 0.15) is 25.0 Å². The average molecular weight is 214 g/mol. The Bertz CT molecular complexity index is 281. The molecule has 2 rings (SSSR count).